The van der Waals surface area contributed by atoms with E-state index in [1.54, 1.807) is 0 Å². The number of nitro benzene ring substituents is 1. The van der Waals surface area contributed by atoms with Crippen LogP contribution in [-0.4, -0.2) is 16.7 Å². The Labute approximate surface area is 121 Å². The molecule has 2 rings (SSSR count). The fourth-order valence-corrected chi connectivity index (χ4v) is 2.46. The molecule has 0 aromatic heterocycles. The van der Waals surface area contributed by atoms with E-state index in [2.05, 4.69) is 5.32 Å². The van der Waals surface area contributed by atoms with E-state index >= 15 is 0 Å². The van der Waals surface area contributed by atoms with Gasteiger partial charge in [0.05, 0.1) is 16.2 Å². The molecule has 0 saturated heterocycles. The predicted molar refractivity (Wildman–Crippen MR) is 66.2 cm³/mol. The number of anilines is 1. The van der Waals surface area contributed by atoms with Crippen molar-refractivity contribution >= 4 is 51.5 Å². The van der Waals surface area contributed by atoms with E-state index < -0.39 is 49.1 Å². The van der Waals surface area contributed by atoms with Crippen LogP contribution in [0.5, 0.6) is 0 Å². The second kappa shape index (κ2) is 4.57. The molecule has 1 radical (unpaired) electrons. The van der Waals surface area contributed by atoms with Gasteiger partial charge in [-0.15, -0.1) is 0 Å². The fourth-order valence-electron chi connectivity index (χ4n) is 1.54. The minimum atomic E-state index is -4.84. The molecule has 7 nitrogen and oxygen atoms in total. The van der Waals surface area contributed by atoms with Gasteiger partial charge in [0, 0.05) is 0 Å². The summed E-state index contributed by atoms with van der Waals surface area (Å²) in [7, 11) is 0. The van der Waals surface area contributed by atoms with Gasteiger partial charge >= 0.3 is 23.7 Å². The zero-order valence-corrected chi connectivity index (χ0v) is 11.3. The summed E-state index contributed by atoms with van der Waals surface area (Å²) >= 11 is 1.15. The van der Waals surface area contributed by atoms with Gasteiger partial charge in [-0.3, -0.25) is 19.7 Å². The Morgan fingerprint density at radius 1 is 1.35 bits per heavy atom. The Balaban J connectivity index is 2.79. The monoisotopic (exact) mass is 400 g/mol. The molecule has 0 spiro atoms. The molecule has 0 unspecified atom stereocenters. The summed E-state index contributed by atoms with van der Waals surface area (Å²) in [4.78, 5) is 32.0. The zero-order valence-electron chi connectivity index (χ0n) is 9.12. The highest BCUT2D eigenvalue weighted by Crippen LogP contribution is 2.45. The third kappa shape index (κ3) is 2.28. The fraction of sp³-hybridized carbons (Fsp3) is 0.111. The van der Waals surface area contributed by atoms with E-state index in [4.69, 9.17) is 0 Å². The Morgan fingerprint density at radius 2 is 1.95 bits per heavy atom. The van der Waals surface area contributed by atoms with Crippen molar-refractivity contribution in [3.8, 4) is 0 Å². The standard InChI is InChI=1S/C9H2F3IN3O4/c10-9(11,12)2-1-3-5(6(4(2)13)16(19)20)15-8(18)7(17)14-3/h1H,(H,14,17). The molecule has 0 bridgehead atoms. The smallest absolute Gasteiger partial charge is 0.316 e. The van der Waals surface area contributed by atoms with Gasteiger partial charge in [-0.25, -0.2) is 0 Å². The number of halogens is 4. The van der Waals surface area contributed by atoms with Crippen LogP contribution in [0.15, 0.2) is 6.07 Å². The van der Waals surface area contributed by atoms with E-state index in [0.717, 1.165) is 22.6 Å². The molecule has 0 atom stereocenters. The average Bonchev–Trinajstić information content (AvgIpc) is 2.28. The quantitative estimate of drug-likeness (QED) is 0.337. The van der Waals surface area contributed by atoms with Crippen LogP contribution in [-0.2, 0) is 15.8 Å². The predicted octanol–water partition coefficient (Wildman–Crippen LogP) is 1.93. The number of amides is 2. The minimum absolute atomic E-state index is 0.512. The molecule has 11 heteroatoms. The van der Waals surface area contributed by atoms with Gasteiger partial charge in [0.25, 0.3) is 0 Å². The van der Waals surface area contributed by atoms with Crippen molar-refractivity contribution in [1.29, 1.82) is 0 Å². The Bertz CT molecular complexity index is 659. The van der Waals surface area contributed by atoms with E-state index in [0.29, 0.717) is 6.07 Å². The SMILES string of the molecule is O=C1[N]c2c(cc(C(F)(F)F)c(I)c2[N+](=O)[O-])NC1=O. The van der Waals surface area contributed by atoms with Crippen LogP contribution in [0.4, 0.5) is 30.2 Å². The number of hydrogen-bond donors (Lipinski definition) is 1. The van der Waals surface area contributed by atoms with Crippen molar-refractivity contribution in [3.63, 3.8) is 0 Å². The Kier molecular flexibility index (Phi) is 3.31. The number of alkyl halides is 3. The summed E-state index contributed by atoms with van der Waals surface area (Å²) in [6.07, 6.45) is -4.84. The highest BCUT2D eigenvalue weighted by Gasteiger charge is 2.41. The molecule has 1 aliphatic heterocycles. The maximum atomic E-state index is 12.8. The summed E-state index contributed by atoms with van der Waals surface area (Å²) in [5, 5.41) is 15.9. The zero-order chi connectivity index (χ0) is 15.2. The summed E-state index contributed by atoms with van der Waals surface area (Å²) in [6, 6.07) is 0.512. The van der Waals surface area contributed by atoms with Crippen molar-refractivity contribution < 1.29 is 27.7 Å². The second-order valence-corrected chi connectivity index (χ2v) is 4.69. The third-order valence-electron chi connectivity index (χ3n) is 2.36. The molecule has 1 aromatic rings. The van der Waals surface area contributed by atoms with Crippen LogP contribution < -0.4 is 10.6 Å². The van der Waals surface area contributed by atoms with Crippen molar-refractivity contribution in [3.05, 3.63) is 25.3 Å². The van der Waals surface area contributed by atoms with Gasteiger partial charge in [0.15, 0.2) is 5.69 Å². The highest BCUT2D eigenvalue weighted by molar-refractivity contribution is 14.1. The molecule has 20 heavy (non-hydrogen) atoms. The molecule has 105 valence electrons. The summed E-state index contributed by atoms with van der Waals surface area (Å²) in [5.74, 6) is -2.56. The van der Waals surface area contributed by atoms with Crippen LogP contribution in [0.3, 0.4) is 0 Å². The molecule has 1 aromatic carbocycles. The average molecular weight is 400 g/mol. The van der Waals surface area contributed by atoms with E-state index in [9.17, 15) is 32.9 Å². The molecular formula is C9H2F3IN3O4. The number of hydrogen-bond acceptors (Lipinski definition) is 4. The molecular weight excluding hydrogens is 398 g/mol. The molecule has 0 aliphatic carbocycles. The lowest BCUT2D eigenvalue weighted by Gasteiger charge is -2.18. The minimum Gasteiger partial charge on any atom is -0.316 e. The summed E-state index contributed by atoms with van der Waals surface area (Å²) < 4.78 is 37.7. The van der Waals surface area contributed by atoms with E-state index in [-0.39, 0.29) is 0 Å². The highest BCUT2D eigenvalue weighted by atomic mass is 127. The van der Waals surface area contributed by atoms with Crippen LogP contribution >= 0.6 is 22.6 Å². The number of carbonyl (C=O) groups excluding carboxylic acids is 2. The van der Waals surface area contributed by atoms with Crippen LogP contribution in [0, 0.1) is 13.7 Å². The first-order valence-electron chi connectivity index (χ1n) is 4.78. The maximum absolute atomic E-state index is 12.8. The van der Waals surface area contributed by atoms with Gasteiger partial charge in [-0.2, -0.15) is 18.5 Å². The van der Waals surface area contributed by atoms with Gasteiger partial charge in [-0.05, 0) is 28.7 Å². The van der Waals surface area contributed by atoms with Crippen LogP contribution in [0.2, 0.25) is 0 Å². The first kappa shape index (κ1) is 14.5. The molecule has 1 heterocycles. The Hall–Kier alpha value is -1.92. The van der Waals surface area contributed by atoms with Gasteiger partial charge in [0.2, 0.25) is 0 Å². The van der Waals surface area contributed by atoms with Crippen molar-refractivity contribution in [2.45, 2.75) is 6.18 Å². The largest absolute Gasteiger partial charge is 0.417 e. The maximum Gasteiger partial charge on any atom is 0.417 e. The molecule has 2 amide bonds. The van der Waals surface area contributed by atoms with Crippen molar-refractivity contribution in [1.82, 2.24) is 5.32 Å². The number of fused-ring (bicyclic) bond motifs is 1. The van der Waals surface area contributed by atoms with Gasteiger partial charge < -0.3 is 5.32 Å². The molecule has 1 aliphatic rings. The van der Waals surface area contributed by atoms with Crippen LogP contribution in [0.1, 0.15) is 5.56 Å². The van der Waals surface area contributed by atoms with E-state index in [1.807, 2.05) is 5.32 Å². The molecule has 0 saturated carbocycles. The third-order valence-corrected chi connectivity index (χ3v) is 3.45. The summed E-state index contributed by atoms with van der Waals surface area (Å²) in [5.41, 5.74) is -3.36. The van der Waals surface area contributed by atoms with E-state index in [1.165, 1.54) is 0 Å². The number of carbonyl (C=O) groups is 2. The number of nitrogens with zero attached hydrogens (tertiary/aromatic N) is 2. The van der Waals surface area contributed by atoms with Crippen molar-refractivity contribution in [2.75, 3.05) is 5.32 Å². The second-order valence-electron chi connectivity index (χ2n) is 3.61. The number of nitrogens with one attached hydrogen (secondary N) is 1. The van der Waals surface area contributed by atoms with Crippen molar-refractivity contribution in [2.24, 2.45) is 0 Å². The lowest BCUT2D eigenvalue weighted by molar-refractivity contribution is -0.385. The number of benzene rings is 1. The van der Waals surface area contributed by atoms with Gasteiger partial charge in [0.1, 0.15) is 3.57 Å². The van der Waals surface area contributed by atoms with Crippen LogP contribution in [0.25, 0.3) is 0 Å². The topological polar surface area (TPSA) is 103 Å². The lowest BCUT2D eigenvalue weighted by atomic mass is 10.1. The first-order chi connectivity index (χ1) is 9.12. The number of nitro groups is 1. The number of rotatable bonds is 1. The molecule has 0 fully saturated rings. The first-order valence-corrected chi connectivity index (χ1v) is 5.86. The normalized spacial score (nSPS) is 14.4. The Morgan fingerprint density at radius 3 is 2.45 bits per heavy atom. The lowest BCUT2D eigenvalue weighted by Crippen LogP contribution is -2.34. The molecule has 1 N–H and O–H groups in total. The summed E-state index contributed by atoms with van der Waals surface area (Å²) in [6.45, 7) is 0. The van der Waals surface area contributed by atoms with Gasteiger partial charge in [-0.1, -0.05) is 0 Å².